The fourth-order valence-electron chi connectivity index (χ4n) is 3.42. The Morgan fingerprint density at radius 3 is 2.65 bits per heavy atom. The molecular formula is C23H37N3O5. The van der Waals surface area contributed by atoms with Crippen LogP contribution in [0.4, 0.5) is 9.59 Å². The lowest BCUT2D eigenvalue weighted by molar-refractivity contribution is 0.0578. The summed E-state index contributed by atoms with van der Waals surface area (Å²) in [5, 5.41) is 16.7. The van der Waals surface area contributed by atoms with Crippen LogP contribution in [0.1, 0.15) is 45.6 Å². The van der Waals surface area contributed by atoms with E-state index in [0.29, 0.717) is 32.6 Å². The van der Waals surface area contributed by atoms with Crippen molar-refractivity contribution in [3.05, 3.63) is 35.9 Å². The molecule has 3 amide bonds. The van der Waals surface area contributed by atoms with Gasteiger partial charge in [0.2, 0.25) is 0 Å². The summed E-state index contributed by atoms with van der Waals surface area (Å²) in [6.45, 7) is 7.52. The highest BCUT2D eigenvalue weighted by Gasteiger charge is 2.29. The van der Waals surface area contributed by atoms with Crippen LogP contribution in [-0.4, -0.2) is 72.7 Å². The Morgan fingerprint density at radius 2 is 2.03 bits per heavy atom. The number of rotatable bonds is 11. The van der Waals surface area contributed by atoms with E-state index in [9.17, 15) is 14.7 Å². The molecule has 0 unspecified atom stereocenters. The molecule has 1 saturated heterocycles. The van der Waals surface area contributed by atoms with Crippen molar-refractivity contribution >= 4 is 12.1 Å². The van der Waals surface area contributed by atoms with Gasteiger partial charge >= 0.3 is 12.1 Å². The van der Waals surface area contributed by atoms with Gasteiger partial charge in [-0.2, -0.15) is 0 Å². The molecule has 3 N–H and O–H groups in total. The Hall–Kier alpha value is -2.32. The van der Waals surface area contributed by atoms with Crippen LogP contribution in [0.2, 0.25) is 0 Å². The first-order chi connectivity index (χ1) is 14.9. The van der Waals surface area contributed by atoms with Crippen LogP contribution in [-0.2, 0) is 15.9 Å². The second kappa shape index (κ2) is 13.2. The minimum Gasteiger partial charge on any atom is -0.444 e. The standard InChI is InChI=1S/C23H37N3O5/c1-4-5-12-24-22(28)26(17(2)3)15-21(27)20(14-18-9-7-6-8-10-18)25-23(29)31-19-11-13-30-16-19/h6-10,17,19-21,27H,4-5,11-16H2,1-3H3,(H,24,28)(H,25,29)/t19-,20-,21+/m0/s1. The third kappa shape index (κ3) is 8.75. The second-order valence-corrected chi connectivity index (χ2v) is 8.23. The molecule has 0 bridgehead atoms. The van der Waals surface area contributed by atoms with Crippen molar-refractivity contribution in [3.63, 3.8) is 0 Å². The number of benzene rings is 1. The maximum Gasteiger partial charge on any atom is 0.407 e. The summed E-state index contributed by atoms with van der Waals surface area (Å²) in [6.07, 6.45) is 1.15. The van der Waals surface area contributed by atoms with E-state index in [0.717, 1.165) is 18.4 Å². The first-order valence-corrected chi connectivity index (χ1v) is 11.2. The molecule has 3 atom stereocenters. The quantitative estimate of drug-likeness (QED) is 0.464. The number of nitrogens with zero attached hydrogens (tertiary/aromatic N) is 1. The normalized spacial score (nSPS) is 17.8. The van der Waals surface area contributed by atoms with Gasteiger partial charge in [-0.3, -0.25) is 0 Å². The van der Waals surface area contributed by atoms with Crippen LogP contribution in [0, 0.1) is 0 Å². The molecule has 8 nitrogen and oxygen atoms in total. The number of aliphatic hydroxyl groups is 1. The van der Waals surface area contributed by atoms with Gasteiger partial charge in [-0.1, -0.05) is 43.7 Å². The lowest BCUT2D eigenvalue weighted by Crippen LogP contribution is -2.54. The molecule has 0 aromatic heterocycles. The van der Waals surface area contributed by atoms with Gasteiger partial charge in [-0.05, 0) is 32.3 Å². The number of carbonyl (C=O) groups is 2. The van der Waals surface area contributed by atoms with Gasteiger partial charge in [-0.15, -0.1) is 0 Å². The molecule has 1 aromatic carbocycles. The van der Waals surface area contributed by atoms with Crippen molar-refractivity contribution in [2.75, 3.05) is 26.3 Å². The predicted octanol–water partition coefficient (Wildman–Crippen LogP) is 2.69. The second-order valence-electron chi connectivity index (χ2n) is 8.23. The first-order valence-electron chi connectivity index (χ1n) is 11.2. The monoisotopic (exact) mass is 435 g/mol. The topological polar surface area (TPSA) is 100 Å². The summed E-state index contributed by atoms with van der Waals surface area (Å²) in [7, 11) is 0. The van der Waals surface area contributed by atoms with Crippen LogP contribution in [0.15, 0.2) is 30.3 Å². The highest BCUT2D eigenvalue weighted by molar-refractivity contribution is 5.74. The number of hydrogen-bond donors (Lipinski definition) is 3. The molecule has 1 fully saturated rings. The van der Waals surface area contributed by atoms with Crippen LogP contribution in [0.3, 0.4) is 0 Å². The number of hydrogen-bond acceptors (Lipinski definition) is 5. The fraction of sp³-hybridized carbons (Fsp3) is 0.652. The highest BCUT2D eigenvalue weighted by Crippen LogP contribution is 2.12. The van der Waals surface area contributed by atoms with Crippen molar-refractivity contribution in [1.29, 1.82) is 0 Å². The first kappa shape index (κ1) is 24.9. The number of nitrogens with one attached hydrogen (secondary N) is 2. The zero-order chi connectivity index (χ0) is 22.6. The van der Waals surface area contributed by atoms with Gasteiger partial charge < -0.3 is 30.1 Å². The Bertz CT molecular complexity index is 664. The van der Waals surface area contributed by atoms with Crippen LogP contribution in [0.25, 0.3) is 0 Å². The van der Waals surface area contributed by atoms with E-state index in [1.54, 1.807) is 4.90 Å². The molecule has 31 heavy (non-hydrogen) atoms. The molecule has 1 aromatic rings. The predicted molar refractivity (Wildman–Crippen MR) is 119 cm³/mol. The van der Waals surface area contributed by atoms with Crippen LogP contribution in [0.5, 0.6) is 0 Å². The Balaban J connectivity index is 2.04. The summed E-state index contributed by atoms with van der Waals surface area (Å²) in [5.74, 6) is 0. The van der Waals surface area contributed by atoms with Crippen LogP contribution >= 0.6 is 0 Å². The average molecular weight is 436 g/mol. The van der Waals surface area contributed by atoms with Crippen LogP contribution < -0.4 is 10.6 Å². The maximum atomic E-state index is 12.6. The van der Waals surface area contributed by atoms with Gasteiger partial charge in [-0.25, -0.2) is 9.59 Å². The Morgan fingerprint density at radius 1 is 1.29 bits per heavy atom. The van der Waals surface area contributed by atoms with Gasteiger partial charge in [0.15, 0.2) is 0 Å². The van der Waals surface area contributed by atoms with Crippen molar-refractivity contribution in [1.82, 2.24) is 15.5 Å². The van der Waals surface area contributed by atoms with Crippen molar-refractivity contribution in [3.8, 4) is 0 Å². The number of carbonyl (C=O) groups excluding carboxylic acids is 2. The third-order valence-electron chi connectivity index (χ3n) is 5.30. The number of urea groups is 1. The molecule has 1 aliphatic rings. The Labute approximate surface area is 185 Å². The zero-order valence-corrected chi connectivity index (χ0v) is 18.9. The molecule has 1 aliphatic heterocycles. The average Bonchev–Trinajstić information content (AvgIpc) is 3.24. The van der Waals surface area contributed by atoms with Crippen molar-refractivity contribution in [2.24, 2.45) is 0 Å². The molecule has 0 saturated carbocycles. The van der Waals surface area contributed by atoms with E-state index >= 15 is 0 Å². The largest absolute Gasteiger partial charge is 0.444 e. The highest BCUT2D eigenvalue weighted by atomic mass is 16.6. The Kier molecular flexibility index (Phi) is 10.6. The molecular weight excluding hydrogens is 398 g/mol. The van der Waals surface area contributed by atoms with E-state index in [-0.39, 0.29) is 24.7 Å². The SMILES string of the molecule is CCCCNC(=O)N(C[C@@H](O)[C@H](Cc1ccccc1)NC(=O)O[C@H]1CCOC1)C(C)C. The molecule has 8 heteroatoms. The molecule has 0 radical (unpaired) electrons. The van der Waals surface area contributed by atoms with E-state index in [4.69, 9.17) is 9.47 Å². The lowest BCUT2D eigenvalue weighted by atomic mass is 10.0. The van der Waals surface area contributed by atoms with Gasteiger partial charge in [0.25, 0.3) is 0 Å². The summed E-state index contributed by atoms with van der Waals surface area (Å²) >= 11 is 0. The fourth-order valence-corrected chi connectivity index (χ4v) is 3.42. The number of unbranched alkanes of at least 4 members (excludes halogenated alkanes) is 1. The molecule has 174 valence electrons. The summed E-state index contributed by atoms with van der Waals surface area (Å²) in [4.78, 5) is 26.6. The van der Waals surface area contributed by atoms with Crippen molar-refractivity contribution in [2.45, 2.75) is 70.7 Å². The van der Waals surface area contributed by atoms with E-state index in [2.05, 4.69) is 17.6 Å². The number of alkyl carbamates (subject to hydrolysis) is 1. The van der Waals surface area contributed by atoms with Crippen molar-refractivity contribution < 1.29 is 24.2 Å². The minimum absolute atomic E-state index is 0.0972. The molecule has 0 aliphatic carbocycles. The van der Waals surface area contributed by atoms with Gasteiger partial charge in [0.05, 0.1) is 31.9 Å². The summed E-state index contributed by atoms with van der Waals surface area (Å²) in [6, 6.07) is 8.69. The van der Waals surface area contributed by atoms with E-state index in [1.807, 2.05) is 44.2 Å². The number of amides is 3. The molecule has 2 rings (SSSR count). The number of aliphatic hydroxyl groups excluding tert-OH is 1. The minimum atomic E-state index is -0.966. The summed E-state index contributed by atoms with van der Waals surface area (Å²) < 4.78 is 10.7. The third-order valence-corrected chi connectivity index (χ3v) is 5.30. The maximum absolute atomic E-state index is 12.6. The summed E-state index contributed by atoms with van der Waals surface area (Å²) in [5.41, 5.74) is 0.972. The molecule has 1 heterocycles. The number of ether oxygens (including phenoxy) is 2. The van der Waals surface area contributed by atoms with Gasteiger partial charge in [0.1, 0.15) is 6.10 Å². The zero-order valence-electron chi connectivity index (χ0n) is 18.9. The lowest BCUT2D eigenvalue weighted by Gasteiger charge is -2.32. The van der Waals surface area contributed by atoms with E-state index in [1.165, 1.54) is 0 Å². The smallest absolute Gasteiger partial charge is 0.407 e. The molecule has 0 spiro atoms. The van der Waals surface area contributed by atoms with E-state index < -0.39 is 18.2 Å². The van der Waals surface area contributed by atoms with Gasteiger partial charge in [0, 0.05) is 19.0 Å².